The topological polar surface area (TPSA) is 38.8 Å². The van der Waals surface area contributed by atoms with Gasteiger partial charge in [0.15, 0.2) is 17.3 Å². The van der Waals surface area contributed by atoms with Crippen molar-refractivity contribution in [1.82, 2.24) is 4.90 Å². The second-order valence-electron chi connectivity index (χ2n) is 6.57. The summed E-state index contributed by atoms with van der Waals surface area (Å²) in [6.45, 7) is 2.01. The molecule has 0 unspecified atom stereocenters. The van der Waals surface area contributed by atoms with Gasteiger partial charge in [0.2, 0.25) is 0 Å². The fourth-order valence-electron chi connectivity index (χ4n) is 3.59. The third-order valence-electron chi connectivity index (χ3n) is 5.00. The molecule has 2 saturated heterocycles. The fourth-order valence-corrected chi connectivity index (χ4v) is 6.22. The summed E-state index contributed by atoms with van der Waals surface area (Å²) in [6.07, 6.45) is 2.09. The standard InChI is InChI=1S/C19H27NO3S2/c1-22-17-6-5-14(10-18(17)23-2)19(21)15-4-3-7-20(11-15)16-12-24-8-9-25-13-16/h5-6,10,15-16H,3-4,7-9,11-13H2,1-2H3/t15-/m0/s1. The lowest BCUT2D eigenvalue weighted by Crippen LogP contribution is -2.46. The minimum absolute atomic E-state index is 0.0881. The quantitative estimate of drug-likeness (QED) is 0.728. The Kier molecular flexibility index (Phi) is 6.96. The molecule has 0 amide bonds. The monoisotopic (exact) mass is 381 g/mol. The van der Waals surface area contributed by atoms with Crippen LogP contribution in [-0.2, 0) is 0 Å². The van der Waals surface area contributed by atoms with Crippen LogP contribution in [0.1, 0.15) is 23.2 Å². The summed E-state index contributed by atoms with van der Waals surface area (Å²) >= 11 is 4.11. The number of Topliss-reactive ketones (excluding diaryl/α,β-unsaturated/α-hetero) is 1. The molecule has 2 aliphatic heterocycles. The molecule has 0 saturated carbocycles. The van der Waals surface area contributed by atoms with Crippen molar-refractivity contribution in [1.29, 1.82) is 0 Å². The summed E-state index contributed by atoms with van der Waals surface area (Å²) in [7, 11) is 3.22. The molecule has 2 heterocycles. The molecule has 0 aromatic heterocycles. The van der Waals surface area contributed by atoms with E-state index in [1.807, 2.05) is 18.2 Å². The van der Waals surface area contributed by atoms with Gasteiger partial charge in [-0.05, 0) is 37.6 Å². The number of carbonyl (C=O) groups is 1. The Balaban J connectivity index is 1.69. The van der Waals surface area contributed by atoms with Crippen molar-refractivity contribution >= 4 is 29.3 Å². The molecule has 2 aliphatic rings. The summed E-state index contributed by atoms with van der Waals surface area (Å²) in [5.74, 6) is 6.51. The number of nitrogens with zero attached hydrogens (tertiary/aromatic N) is 1. The lowest BCUT2D eigenvalue weighted by atomic mass is 9.89. The van der Waals surface area contributed by atoms with Crippen molar-refractivity contribution in [3.63, 3.8) is 0 Å². The Labute approximate surface area is 159 Å². The number of carbonyl (C=O) groups excluding carboxylic acids is 1. The van der Waals surface area contributed by atoms with Gasteiger partial charge in [-0.3, -0.25) is 9.69 Å². The molecule has 138 valence electrons. The van der Waals surface area contributed by atoms with Crippen molar-refractivity contribution in [2.45, 2.75) is 18.9 Å². The molecule has 1 atom stereocenters. The second kappa shape index (κ2) is 9.19. The van der Waals surface area contributed by atoms with E-state index in [9.17, 15) is 4.79 Å². The van der Waals surface area contributed by atoms with Crippen LogP contribution in [0.5, 0.6) is 11.5 Å². The first-order valence-corrected chi connectivity index (χ1v) is 11.2. The van der Waals surface area contributed by atoms with Crippen LogP contribution in [0.3, 0.4) is 0 Å². The van der Waals surface area contributed by atoms with Gasteiger partial charge in [-0.25, -0.2) is 0 Å². The second-order valence-corrected chi connectivity index (χ2v) is 8.87. The summed E-state index contributed by atoms with van der Waals surface area (Å²) in [5, 5.41) is 0. The number of hydrogen-bond donors (Lipinski definition) is 0. The average Bonchev–Trinajstić information content (AvgIpc) is 2.96. The first-order valence-electron chi connectivity index (χ1n) is 8.88. The van der Waals surface area contributed by atoms with Crippen LogP contribution in [0.2, 0.25) is 0 Å². The maximum absolute atomic E-state index is 13.0. The molecule has 1 aromatic rings. The van der Waals surface area contributed by atoms with Crippen molar-refractivity contribution < 1.29 is 14.3 Å². The van der Waals surface area contributed by atoms with Crippen LogP contribution in [0, 0.1) is 5.92 Å². The predicted molar refractivity (Wildman–Crippen MR) is 107 cm³/mol. The predicted octanol–water partition coefficient (Wildman–Crippen LogP) is 3.45. The molecule has 0 bridgehead atoms. The van der Waals surface area contributed by atoms with Gasteiger partial charge >= 0.3 is 0 Å². The molecular formula is C19H27NO3S2. The Bertz CT molecular complexity index is 588. The van der Waals surface area contributed by atoms with Gasteiger partial charge in [-0.2, -0.15) is 23.5 Å². The van der Waals surface area contributed by atoms with E-state index in [4.69, 9.17) is 9.47 Å². The van der Waals surface area contributed by atoms with E-state index in [1.54, 1.807) is 14.2 Å². The summed E-state index contributed by atoms with van der Waals surface area (Å²) in [6, 6.07) is 6.11. The van der Waals surface area contributed by atoms with E-state index in [1.165, 1.54) is 23.0 Å². The van der Waals surface area contributed by atoms with Gasteiger partial charge in [0.25, 0.3) is 0 Å². The lowest BCUT2D eigenvalue weighted by Gasteiger charge is -2.37. The van der Waals surface area contributed by atoms with Gasteiger partial charge in [-0.1, -0.05) is 0 Å². The smallest absolute Gasteiger partial charge is 0.167 e. The van der Waals surface area contributed by atoms with Gasteiger partial charge in [0.05, 0.1) is 14.2 Å². The third kappa shape index (κ3) is 4.66. The number of rotatable bonds is 5. The SMILES string of the molecule is COc1ccc(C(=O)[C@H]2CCCN(C3CSCCSC3)C2)cc1OC. The molecule has 0 aliphatic carbocycles. The van der Waals surface area contributed by atoms with Crippen molar-refractivity contribution in [3.05, 3.63) is 23.8 Å². The van der Waals surface area contributed by atoms with E-state index in [0.717, 1.165) is 31.5 Å². The Morgan fingerprint density at radius 3 is 2.52 bits per heavy atom. The number of likely N-dealkylation sites (tertiary alicyclic amines) is 1. The number of methoxy groups -OCH3 is 2. The number of ether oxygens (including phenoxy) is 2. The molecule has 0 radical (unpaired) electrons. The molecule has 6 heteroatoms. The van der Waals surface area contributed by atoms with Crippen LogP contribution >= 0.6 is 23.5 Å². The zero-order valence-electron chi connectivity index (χ0n) is 15.0. The first-order chi connectivity index (χ1) is 12.2. The average molecular weight is 382 g/mol. The van der Waals surface area contributed by atoms with Gasteiger partial charge in [-0.15, -0.1) is 0 Å². The Hall–Kier alpha value is -0.850. The summed E-state index contributed by atoms with van der Waals surface area (Å²) < 4.78 is 10.6. The minimum atomic E-state index is 0.0881. The lowest BCUT2D eigenvalue weighted by molar-refractivity contribution is 0.0787. The van der Waals surface area contributed by atoms with Gasteiger partial charge in [0.1, 0.15) is 0 Å². The number of benzene rings is 1. The van der Waals surface area contributed by atoms with Crippen LogP contribution in [0.15, 0.2) is 18.2 Å². The highest BCUT2D eigenvalue weighted by molar-refractivity contribution is 8.03. The van der Waals surface area contributed by atoms with Gasteiger partial charge < -0.3 is 9.47 Å². The molecule has 1 aromatic carbocycles. The Morgan fingerprint density at radius 2 is 1.84 bits per heavy atom. The van der Waals surface area contributed by atoms with Crippen LogP contribution in [0.25, 0.3) is 0 Å². The number of piperidine rings is 1. The van der Waals surface area contributed by atoms with Crippen LogP contribution in [-0.4, -0.2) is 67.0 Å². The van der Waals surface area contributed by atoms with E-state index in [-0.39, 0.29) is 11.7 Å². The highest BCUT2D eigenvalue weighted by Gasteiger charge is 2.31. The van der Waals surface area contributed by atoms with Crippen LogP contribution in [0.4, 0.5) is 0 Å². The summed E-state index contributed by atoms with van der Waals surface area (Å²) in [4.78, 5) is 15.6. The third-order valence-corrected chi connectivity index (χ3v) is 7.49. The zero-order valence-corrected chi connectivity index (χ0v) is 16.7. The number of ketones is 1. The number of thioether (sulfide) groups is 2. The normalized spacial score (nSPS) is 23.0. The van der Waals surface area contributed by atoms with Gasteiger partial charge in [0, 0.05) is 47.1 Å². The fraction of sp³-hybridized carbons (Fsp3) is 0.632. The molecule has 0 spiro atoms. The molecule has 3 rings (SSSR count). The summed E-state index contributed by atoms with van der Waals surface area (Å²) in [5.41, 5.74) is 0.731. The molecule has 4 nitrogen and oxygen atoms in total. The van der Waals surface area contributed by atoms with E-state index >= 15 is 0 Å². The van der Waals surface area contributed by atoms with Crippen molar-refractivity contribution in [3.8, 4) is 11.5 Å². The molecule has 0 N–H and O–H groups in total. The van der Waals surface area contributed by atoms with Crippen LogP contribution < -0.4 is 9.47 Å². The minimum Gasteiger partial charge on any atom is -0.493 e. The van der Waals surface area contributed by atoms with E-state index < -0.39 is 0 Å². The van der Waals surface area contributed by atoms with Crippen molar-refractivity contribution in [2.24, 2.45) is 5.92 Å². The van der Waals surface area contributed by atoms with E-state index in [2.05, 4.69) is 28.4 Å². The molecule has 2 fully saturated rings. The van der Waals surface area contributed by atoms with Crippen molar-refractivity contribution in [2.75, 3.05) is 50.3 Å². The molecule has 25 heavy (non-hydrogen) atoms. The number of hydrogen-bond acceptors (Lipinski definition) is 6. The maximum Gasteiger partial charge on any atom is 0.167 e. The first kappa shape index (κ1) is 18.9. The Morgan fingerprint density at radius 1 is 1.12 bits per heavy atom. The highest BCUT2D eigenvalue weighted by Crippen LogP contribution is 2.31. The van der Waals surface area contributed by atoms with E-state index in [0.29, 0.717) is 17.5 Å². The maximum atomic E-state index is 13.0. The zero-order chi connectivity index (χ0) is 17.6. The highest BCUT2D eigenvalue weighted by atomic mass is 32.2. The molecular weight excluding hydrogens is 354 g/mol. The largest absolute Gasteiger partial charge is 0.493 e.